The van der Waals surface area contributed by atoms with Crippen LogP contribution in [0.5, 0.6) is 0 Å². The summed E-state index contributed by atoms with van der Waals surface area (Å²) in [6, 6.07) is 7.63. The summed E-state index contributed by atoms with van der Waals surface area (Å²) < 4.78 is 0. The minimum absolute atomic E-state index is 0.0167. The number of amides is 1. The number of nitrogens with one attached hydrogen (secondary N) is 1. The van der Waals surface area contributed by atoms with Gasteiger partial charge in [-0.3, -0.25) is 4.79 Å². The molecule has 1 rings (SSSR count). The van der Waals surface area contributed by atoms with E-state index in [1.165, 1.54) is 0 Å². The first kappa shape index (κ1) is 11.8. The minimum atomic E-state index is 0.0167. The lowest BCUT2D eigenvalue weighted by molar-refractivity contribution is 0.0938. The molecule has 0 fully saturated rings. The number of rotatable bonds is 2. The zero-order chi connectivity index (χ0) is 11.5. The molecule has 0 aliphatic carbocycles. The van der Waals surface area contributed by atoms with Crippen LogP contribution in [0.1, 0.15) is 36.7 Å². The summed E-state index contributed by atoms with van der Waals surface area (Å²) in [4.78, 5) is 11.8. The van der Waals surface area contributed by atoms with E-state index in [-0.39, 0.29) is 11.3 Å². The smallest absolute Gasteiger partial charge is 0.251 e. The summed E-state index contributed by atoms with van der Waals surface area (Å²) in [6.07, 6.45) is 0. The monoisotopic (exact) mass is 205 g/mol. The predicted octanol–water partition coefficient (Wildman–Crippen LogP) is 2.77. The maximum atomic E-state index is 11.8. The molecule has 1 aromatic rings. The highest BCUT2D eigenvalue weighted by Crippen LogP contribution is 2.12. The zero-order valence-corrected chi connectivity index (χ0v) is 9.92. The van der Waals surface area contributed by atoms with Gasteiger partial charge in [0.25, 0.3) is 5.91 Å². The third-order valence-corrected chi connectivity index (χ3v) is 2.17. The van der Waals surface area contributed by atoms with Crippen molar-refractivity contribution in [2.45, 2.75) is 27.7 Å². The van der Waals surface area contributed by atoms with Gasteiger partial charge in [-0.1, -0.05) is 39.0 Å². The maximum absolute atomic E-state index is 11.8. The Hall–Kier alpha value is -1.31. The second kappa shape index (κ2) is 4.47. The van der Waals surface area contributed by atoms with Crippen molar-refractivity contribution in [3.63, 3.8) is 0 Å². The Bertz CT molecular complexity index is 350. The molecule has 0 unspecified atom stereocenters. The van der Waals surface area contributed by atoms with E-state index in [4.69, 9.17) is 0 Å². The Labute approximate surface area is 91.7 Å². The fourth-order valence-electron chi connectivity index (χ4n) is 1.27. The lowest BCUT2D eigenvalue weighted by Crippen LogP contribution is -2.32. The molecule has 15 heavy (non-hydrogen) atoms. The van der Waals surface area contributed by atoms with Crippen molar-refractivity contribution >= 4 is 5.91 Å². The molecule has 0 heterocycles. The first-order valence-corrected chi connectivity index (χ1v) is 5.24. The summed E-state index contributed by atoms with van der Waals surface area (Å²) >= 11 is 0. The van der Waals surface area contributed by atoms with Crippen molar-refractivity contribution in [3.8, 4) is 0 Å². The standard InChI is InChI=1S/C13H19NO/c1-10-7-5-6-8-11(10)12(15)14-9-13(2,3)4/h5-8H,9H2,1-4H3,(H,14,15). The number of benzene rings is 1. The van der Waals surface area contributed by atoms with Crippen LogP contribution in [0.25, 0.3) is 0 Å². The van der Waals surface area contributed by atoms with E-state index in [9.17, 15) is 4.79 Å². The molecule has 2 heteroatoms. The highest BCUT2D eigenvalue weighted by Gasteiger charge is 2.13. The molecule has 0 radical (unpaired) electrons. The SMILES string of the molecule is Cc1ccccc1C(=O)NCC(C)(C)C. The average Bonchev–Trinajstić information content (AvgIpc) is 2.14. The lowest BCUT2D eigenvalue weighted by Gasteiger charge is -2.19. The van der Waals surface area contributed by atoms with Gasteiger partial charge in [0.2, 0.25) is 0 Å². The van der Waals surface area contributed by atoms with Gasteiger partial charge in [-0.05, 0) is 24.0 Å². The molecular formula is C13H19NO. The van der Waals surface area contributed by atoms with Gasteiger partial charge < -0.3 is 5.32 Å². The normalized spacial score (nSPS) is 11.2. The van der Waals surface area contributed by atoms with E-state index >= 15 is 0 Å². The van der Waals surface area contributed by atoms with Gasteiger partial charge >= 0.3 is 0 Å². The molecular weight excluding hydrogens is 186 g/mol. The van der Waals surface area contributed by atoms with E-state index in [0.29, 0.717) is 6.54 Å². The van der Waals surface area contributed by atoms with Crippen LogP contribution in [-0.2, 0) is 0 Å². The Balaban J connectivity index is 2.66. The van der Waals surface area contributed by atoms with Crippen molar-refractivity contribution in [1.82, 2.24) is 5.32 Å². The second-order valence-electron chi connectivity index (χ2n) is 5.06. The van der Waals surface area contributed by atoms with Crippen LogP contribution in [0.3, 0.4) is 0 Å². The maximum Gasteiger partial charge on any atom is 0.251 e. The molecule has 0 saturated heterocycles. The van der Waals surface area contributed by atoms with Gasteiger partial charge in [0.05, 0.1) is 0 Å². The second-order valence-corrected chi connectivity index (χ2v) is 5.06. The first-order chi connectivity index (χ1) is 6.90. The van der Waals surface area contributed by atoms with Crippen LogP contribution in [0.4, 0.5) is 0 Å². The third kappa shape index (κ3) is 3.74. The molecule has 1 N–H and O–H groups in total. The van der Waals surface area contributed by atoms with E-state index in [1.54, 1.807) is 0 Å². The van der Waals surface area contributed by atoms with Gasteiger partial charge in [-0.2, -0.15) is 0 Å². The molecule has 0 aliphatic rings. The Kier molecular flexibility index (Phi) is 3.51. The van der Waals surface area contributed by atoms with Gasteiger partial charge in [0, 0.05) is 12.1 Å². The summed E-state index contributed by atoms with van der Waals surface area (Å²) in [7, 11) is 0. The lowest BCUT2D eigenvalue weighted by atomic mass is 9.96. The highest BCUT2D eigenvalue weighted by molar-refractivity contribution is 5.95. The molecule has 0 aromatic heterocycles. The molecule has 0 atom stereocenters. The van der Waals surface area contributed by atoms with Crippen LogP contribution in [0.15, 0.2) is 24.3 Å². The van der Waals surface area contributed by atoms with Crippen LogP contribution >= 0.6 is 0 Å². The molecule has 2 nitrogen and oxygen atoms in total. The largest absolute Gasteiger partial charge is 0.352 e. The van der Waals surface area contributed by atoms with Gasteiger partial charge in [0.15, 0.2) is 0 Å². The molecule has 0 spiro atoms. The van der Waals surface area contributed by atoms with Crippen LogP contribution in [0.2, 0.25) is 0 Å². The van der Waals surface area contributed by atoms with Gasteiger partial charge in [-0.15, -0.1) is 0 Å². The number of carbonyl (C=O) groups excluding carboxylic acids is 1. The minimum Gasteiger partial charge on any atom is -0.352 e. The summed E-state index contributed by atoms with van der Waals surface area (Å²) in [5, 5.41) is 2.94. The Morgan fingerprint density at radius 1 is 1.27 bits per heavy atom. The fourth-order valence-corrected chi connectivity index (χ4v) is 1.27. The molecule has 82 valence electrons. The van der Waals surface area contributed by atoms with Crippen LogP contribution in [0, 0.1) is 12.3 Å². The quantitative estimate of drug-likeness (QED) is 0.790. The van der Waals surface area contributed by atoms with Crippen molar-refractivity contribution in [1.29, 1.82) is 0 Å². The predicted molar refractivity (Wildman–Crippen MR) is 63.0 cm³/mol. The third-order valence-electron chi connectivity index (χ3n) is 2.17. The van der Waals surface area contributed by atoms with E-state index in [1.807, 2.05) is 31.2 Å². The summed E-state index contributed by atoms with van der Waals surface area (Å²) in [5.41, 5.74) is 1.91. The molecule has 0 aliphatic heterocycles. The Morgan fingerprint density at radius 3 is 2.40 bits per heavy atom. The molecule has 0 bridgehead atoms. The van der Waals surface area contributed by atoms with Crippen molar-refractivity contribution < 1.29 is 4.79 Å². The number of hydrogen-bond donors (Lipinski definition) is 1. The van der Waals surface area contributed by atoms with Crippen LogP contribution in [-0.4, -0.2) is 12.5 Å². The molecule has 1 amide bonds. The average molecular weight is 205 g/mol. The number of aryl methyl sites for hydroxylation is 1. The highest BCUT2D eigenvalue weighted by atomic mass is 16.1. The molecule has 0 saturated carbocycles. The summed E-state index contributed by atoms with van der Waals surface area (Å²) in [5.74, 6) is 0.0167. The van der Waals surface area contributed by atoms with Crippen molar-refractivity contribution in [3.05, 3.63) is 35.4 Å². The van der Waals surface area contributed by atoms with Crippen molar-refractivity contribution in [2.75, 3.05) is 6.54 Å². The van der Waals surface area contributed by atoms with Crippen molar-refractivity contribution in [2.24, 2.45) is 5.41 Å². The summed E-state index contributed by atoms with van der Waals surface area (Å²) in [6.45, 7) is 8.95. The van der Waals surface area contributed by atoms with Crippen LogP contribution < -0.4 is 5.32 Å². The van der Waals surface area contributed by atoms with E-state index in [0.717, 1.165) is 11.1 Å². The Morgan fingerprint density at radius 2 is 1.87 bits per heavy atom. The molecule has 1 aromatic carbocycles. The number of carbonyl (C=O) groups is 1. The number of hydrogen-bond acceptors (Lipinski definition) is 1. The fraction of sp³-hybridized carbons (Fsp3) is 0.462. The van der Waals surface area contributed by atoms with Gasteiger partial charge in [-0.25, -0.2) is 0 Å². The first-order valence-electron chi connectivity index (χ1n) is 5.24. The van der Waals surface area contributed by atoms with E-state index < -0.39 is 0 Å². The zero-order valence-electron chi connectivity index (χ0n) is 9.92. The van der Waals surface area contributed by atoms with E-state index in [2.05, 4.69) is 26.1 Å². The van der Waals surface area contributed by atoms with Gasteiger partial charge in [0.1, 0.15) is 0 Å². The topological polar surface area (TPSA) is 29.1 Å².